The molecule has 0 saturated carbocycles. The third-order valence-electron chi connectivity index (χ3n) is 2.52. The Labute approximate surface area is 102 Å². The van der Waals surface area contributed by atoms with Gasteiger partial charge in [0, 0.05) is 12.6 Å². The second-order valence-corrected chi connectivity index (χ2v) is 3.61. The van der Waals surface area contributed by atoms with Crippen LogP contribution in [-0.4, -0.2) is 47.9 Å². The van der Waals surface area contributed by atoms with Crippen molar-refractivity contribution in [3.05, 3.63) is 17.8 Å². The lowest BCUT2D eigenvalue weighted by molar-refractivity contribution is -0.126. The van der Waals surface area contributed by atoms with E-state index in [1.165, 1.54) is 17.0 Å². The maximum Gasteiger partial charge on any atom is 0.388 e. The summed E-state index contributed by atoms with van der Waals surface area (Å²) in [6, 6.07) is 2.43. The fraction of sp³-hybridized carbons (Fsp3) is 0.500. The Bertz CT molecular complexity index is 402. The van der Waals surface area contributed by atoms with Gasteiger partial charge in [0.05, 0.1) is 24.9 Å². The lowest BCUT2D eigenvalue weighted by Crippen LogP contribution is -2.38. The maximum atomic E-state index is 11.9. The van der Waals surface area contributed by atoms with Crippen LogP contribution in [0.3, 0.4) is 0 Å². The topological polar surface area (TPSA) is 64.6 Å². The molecular weight excluding hydrogens is 248 g/mol. The summed E-state index contributed by atoms with van der Waals surface area (Å²) in [7, 11) is 0. The van der Waals surface area contributed by atoms with Gasteiger partial charge in [0.25, 0.3) is 0 Å². The molecule has 6 nitrogen and oxygen atoms in total. The van der Waals surface area contributed by atoms with Crippen LogP contribution in [-0.2, 0) is 9.53 Å². The van der Waals surface area contributed by atoms with Gasteiger partial charge in [0.15, 0.2) is 0 Å². The predicted octanol–water partition coefficient (Wildman–Crippen LogP) is 0.608. The number of ether oxygens (including phenoxy) is 2. The number of hydrogen-bond donors (Lipinski definition) is 0. The second-order valence-electron chi connectivity index (χ2n) is 3.61. The van der Waals surface area contributed by atoms with E-state index in [1.54, 1.807) is 0 Å². The summed E-state index contributed by atoms with van der Waals surface area (Å²) >= 11 is 0. The molecule has 1 fully saturated rings. The van der Waals surface area contributed by atoms with Gasteiger partial charge in [-0.3, -0.25) is 4.79 Å². The van der Waals surface area contributed by atoms with Gasteiger partial charge in [-0.25, -0.2) is 0 Å². The first-order valence-electron chi connectivity index (χ1n) is 5.28. The van der Waals surface area contributed by atoms with Gasteiger partial charge < -0.3 is 14.4 Å². The molecular formula is C10H11F2N3O3. The van der Waals surface area contributed by atoms with Crippen molar-refractivity contribution in [2.45, 2.75) is 12.7 Å². The number of hydrogen-bond acceptors (Lipinski definition) is 5. The SMILES string of the molecule is O=CN1CCOC[C@@H]1c1ccc(OC(F)F)nn1. The number of aromatic nitrogens is 2. The highest BCUT2D eigenvalue weighted by Crippen LogP contribution is 2.21. The largest absolute Gasteiger partial charge is 0.415 e. The molecule has 0 spiro atoms. The zero-order valence-corrected chi connectivity index (χ0v) is 9.33. The average molecular weight is 259 g/mol. The Balaban J connectivity index is 2.10. The highest BCUT2D eigenvalue weighted by Gasteiger charge is 2.24. The molecule has 0 aromatic carbocycles. The molecule has 0 aliphatic carbocycles. The van der Waals surface area contributed by atoms with Gasteiger partial charge in [0.1, 0.15) is 0 Å². The molecule has 0 radical (unpaired) electrons. The molecule has 2 rings (SSSR count). The Morgan fingerprint density at radius 3 is 2.94 bits per heavy atom. The van der Waals surface area contributed by atoms with E-state index in [0.29, 0.717) is 31.9 Å². The van der Waals surface area contributed by atoms with E-state index in [9.17, 15) is 13.6 Å². The minimum Gasteiger partial charge on any atom is -0.415 e. The van der Waals surface area contributed by atoms with E-state index in [1.807, 2.05) is 0 Å². The number of carbonyl (C=O) groups excluding carboxylic acids is 1. The van der Waals surface area contributed by atoms with E-state index < -0.39 is 6.61 Å². The molecule has 18 heavy (non-hydrogen) atoms. The van der Waals surface area contributed by atoms with Crippen LogP contribution >= 0.6 is 0 Å². The van der Waals surface area contributed by atoms with Gasteiger partial charge in [0.2, 0.25) is 12.3 Å². The Hall–Kier alpha value is -1.83. The van der Waals surface area contributed by atoms with Crippen LogP contribution in [0, 0.1) is 0 Å². The number of halogens is 2. The first kappa shape index (κ1) is 12.6. The predicted molar refractivity (Wildman–Crippen MR) is 55.0 cm³/mol. The highest BCUT2D eigenvalue weighted by molar-refractivity contribution is 5.48. The van der Waals surface area contributed by atoms with Crippen LogP contribution in [0.4, 0.5) is 8.78 Å². The average Bonchev–Trinajstić information content (AvgIpc) is 2.39. The van der Waals surface area contributed by atoms with Gasteiger partial charge in [-0.05, 0) is 6.07 Å². The van der Waals surface area contributed by atoms with Crippen molar-refractivity contribution >= 4 is 6.41 Å². The monoisotopic (exact) mass is 259 g/mol. The Kier molecular flexibility index (Phi) is 3.98. The van der Waals surface area contributed by atoms with Crippen LogP contribution in [0.1, 0.15) is 11.7 Å². The first-order chi connectivity index (χ1) is 8.70. The third kappa shape index (κ3) is 2.89. The number of alkyl halides is 2. The van der Waals surface area contributed by atoms with Crippen LogP contribution in [0.15, 0.2) is 12.1 Å². The summed E-state index contributed by atoms with van der Waals surface area (Å²) in [6.45, 7) is -1.70. The van der Waals surface area contributed by atoms with Gasteiger partial charge >= 0.3 is 6.61 Å². The quantitative estimate of drug-likeness (QED) is 0.741. The maximum absolute atomic E-state index is 11.9. The molecule has 1 amide bonds. The zero-order chi connectivity index (χ0) is 13.0. The molecule has 1 atom stereocenters. The molecule has 0 unspecified atom stereocenters. The molecule has 1 aliphatic rings. The van der Waals surface area contributed by atoms with Crippen LogP contribution in [0.25, 0.3) is 0 Å². The lowest BCUT2D eigenvalue weighted by Gasteiger charge is -2.31. The third-order valence-corrected chi connectivity index (χ3v) is 2.52. The van der Waals surface area contributed by atoms with Crippen molar-refractivity contribution in [2.24, 2.45) is 0 Å². The minimum absolute atomic E-state index is 0.261. The van der Waals surface area contributed by atoms with Crippen molar-refractivity contribution < 1.29 is 23.0 Å². The summed E-state index contributed by atoms with van der Waals surface area (Å²) in [4.78, 5) is 12.4. The van der Waals surface area contributed by atoms with Gasteiger partial charge in [-0.2, -0.15) is 8.78 Å². The van der Waals surface area contributed by atoms with Crippen LogP contribution < -0.4 is 4.74 Å². The fourth-order valence-electron chi connectivity index (χ4n) is 1.66. The molecule has 0 N–H and O–H groups in total. The second kappa shape index (κ2) is 5.67. The molecule has 0 bridgehead atoms. The summed E-state index contributed by atoms with van der Waals surface area (Å²) in [5.41, 5.74) is 0.475. The summed E-state index contributed by atoms with van der Waals surface area (Å²) < 4.78 is 33.2. The zero-order valence-electron chi connectivity index (χ0n) is 9.33. The first-order valence-corrected chi connectivity index (χ1v) is 5.28. The number of morpholine rings is 1. The number of amides is 1. The smallest absolute Gasteiger partial charge is 0.388 e. The van der Waals surface area contributed by atoms with Crippen molar-refractivity contribution in [3.8, 4) is 5.88 Å². The molecule has 1 saturated heterocycles. The minimum atomic E-state index is -2.94. The van der Waals surface area contributed by atoms with Crippen molar-refractivity contribution in [1.29, 1.82) is 0 Å². The van der Waals surface area contributed by atoms with E-state index in [4.69, 9.17) is 4.74 Å². The number of rotatable bonds is 4. The molecule has 2 heterocycles. The Morgan fingerprint density at radius 1 is 1.50 bits per heavy atom. The lowest BCUT2D eigenvalue weighted by atomic mass is 10.1. The van der Waals surface area contributed by atoms with Crippen molar-refractivity contribution in [3.63, 3.8) is 0 Å². The number of nitrogens with zero attached hydrogens (tertiary/aromatic N) is 3. The van der Waals surface area contributed by atoms with Crippen LogP contribution in [0.5, 0.6) is 5.88 Å². The van der Waals surface area contributed by atoms with Gasteiger partial charge in [-0.1, -0.05) is 0 Å². The standard InChI is InChI=1S/C10H11F2N3O3/c11-10(12)18-9-2-1-7(13-14-9)8-5-17-4-3-15(8)6-16/h1-2,6,8,10H,3-5H2/t8-/m1/s1. The summed E-state index contributed by atoms with van der Waals surface area (Å²) in [6.07, 6.45) is 0.707. The molecule has 98 valence electrons. The Morgan fingerprint density at radius 2 is 2.33 bits per heavy atom. The van der Waals surface area contributed by atoms with Crippen LogP contribution in [0.2, 0.25) is 0 Å². The molecule has 8 heteroatoms. The normalized spacial score (nSPS) is 19.9. The van der Waals surface area contributed by atoms with Gasteiger partial charge in [-0.15, -0.1) is 10.2 Å². The van der Waals surface area contributed by atoms with E-state index in [2.05, 4.69) is 14.9 Å². The summed E-state index contributed by atoms with van der Waals surface area (Å²) in [5.74, 6) is -0.261. The van der Waals surface area contributed by atoms with E-state index >= 15 is 0 Å². The van der Waals surface area contributed by atoms with Crippen molar-refractivity contribution in [1.82, 2.24) is 15.1 Å². The molecule has 1 aromatic rings. The van der Waals surface area contributed by atoms with E-state index in [-0.39, 0.29) is 11.9 Å². The summed E-state index contributed by atoms with van der Waals surface area (Å²) in [5, 5.41) is 7.28. The molecule has 1 aromatic heterocycles. The fourth-order valence-corrected chi connectivity index (χ4v) is 1.66. The van der Waals surface area contributed by atoms with E-state index in [0.717, 1.165) is 0 Å². The highest BCUT2D eigenvalue weighted by atomic mass is 19.3. The van der Waals surface area contributed by atoms with Crippen molar-refractivity contribution in [2.75, 3.05) is 19.8 Å². The number of carbonyl (C=O) groups is 1. The molecule has 1 aliphatic heterocycles.